The van der Waals surface area contributed by atoms with Crippen LogP contribution in [0.3, 0.4) is 0 Å². The molecule has 3 heteroatoms. The summed E-state index contributed by atoms with van der Waals surface area (Å²) in [7, 11) is 0. The molecular weight excluding hydrogens is 258 g/mol. The van der Waals surface area contributed by atoms with E-state index in [0.29, 0.717) is 11.6 Å². The molecule has 2 heterocycles. The van der Waals surface area contributed by atoms with Crippen molar-refractivity contribution in [1.29, 1.82) is 0 Å². The molecule has 1 aliphatic rings. The number of hydrogen-bond donors (Lipinski definition) is 2. The Kier molecular flexibility index (Phi) is 4.05. The van der Waals surface area contributed by atoms with Crippen molar-refractivity contribution in [3.63, 3.8) is 0 Å². The monoisotopic (exact) mass is 285 g/mol. The molecule has 21 heavy (non-hydrogen) atoms. The van der Waals surface area contributed by atoms with E-state index in [1.54, 1.807) is 0 Å². The van der Waals surface area contributed by atoms with Gasteiger partial charge in [0.2, 0.25) is 0 Å². The van der Waals surface area contributed by atoms with E-state index in [0.717, 1.165) is 6.54 Å². The molecule has 0 aliphatic carbocycles. The highest BCUT2D eigenvalue weighted by atomic mass is 15.2. The van der Waals surface area contributed by atoms with Crippen molar-refractivity contribution >= 4 is 10.9 Å². The first-order chi connectivity index (χ1) is 10.0. The minimum atomic E-state index is 0.310. The number of rotatable bonds is 3. The number of aromatic nitrogens is 1. The second-order valence-corrected chi connectivity index (χ2v) is 7.21. The Bertz CT molecular complexity index is 586. The van der Waals surface area contributed by atoms with Crippen LogP contribution in [0, 0.1) is 0 Å². The summed E-state index contributed by atoms with van der Waals surface area (Å²) in [6.07, 6.45) is 4.51. The van der Waals surface area contributed by atoms with Crippen molar-refractivity contribution in [1.82, 2.24) is 15.2 Å². The van der Waals surface area contributed by atoms with Crippen molar-refractivity contribution < 1.29 is 0 Å². The normalized spacial score (nSPS) is 18.4. The Morgan fingerprint density at radius 2 is 1.95 bits per heavy atom. The van der Waals surface area contributed by atoms with Gasteiger partial charge in [-0.3, -0.25) is 4.90 Å². The van der Waals surface area contributed by atoms with E-state index in [-0.39, 0.29) is 0 Å². The van der Waals surface area contributed by atoms with Crippen LogP contribution in [0.1, 0.15) is 39.2 Å². The molecule has 1 aromatic heterocycles. The van der Waals surface area contributed by atoms with Gasteiger partial charge in [0.1, 0.15) is 0 Å². The zero-order valence-electron chi connectivity index (χ0n) is 13.4. The summed E-state index contributed by atoms with van der Waals surface area (Å²) in [4.78, 5) is 5.84. The van der Waals surface area contributed by atoms with E-state index in [9.17, 15) is 0 Å². The number of fused-ring (bicyclic) bond motifs is 1. The highest BCUT2D eigenvalue weighted by molar-refractivity contribution is 5.79. The molecule has 0 saturated carbocycles. The average Bonchev–Trinajstić information content (AvgIpc) is 2.92. The van der Waals surface area contributed by atoms with Crippen LogP contribution >= 0.6 is 0 Å². The highest BCUT2D eigenvalue weighted by Crippen LogP contribution is 2.20. The zero-order valence-corrected chi connectivity index (χ0v) is 13.4. The highest BCUT2D eigenvalue weighted by Gasteiger charge is 2.26. The zero-order chi connectivity index (χ0) is 14.9. The summed E-state index contributed by atoms with van der Waals surface area (Å²) < 4.78 is 0. The maximum atomic E-state index is 3.73. The molecule has 0 bridgehead atoms. The van der Waals surface area contributed by atoms with Gasteiger partial charge in [0.15, 0.2) is 0 Å². The van der Waals surface area contributed by atoms with E-state index >= 15 is 0 Å². The van der Waals surface area contributed by atoms with Crippen LogP contribution in [0.4, 0.5) is 0 Å². The predicted octanol–water partition coefficient (Wildman–Crippen LogP) is 3.52. The van der Waals surface area contributed by atoms with Gasteiger partial charge < -0.3 is 10.3 Å². The van der Waals surface area contributed by atoms with E-state index in [2.05, 4.69) is 60.2 Å². The number of H-pyrrole nitrogens is 1. The van der Waals surface area contributed by atoms with Gasteiger partial charge in [0.25, 0.3) is 0 Å². The van der Waals surface area contributed by atoms with Gasteiger partial charge in [-0.15, -0.1) is 0 Å². The van der Waals surface area contributed by atoms with Crippen molar-refractivity contribution in [2.45, 2.75) is 51.7 Å². The molecule has 3 rings (SSSR count). The maximum absolute atomic E-state index is 3.73. The molecule has 0 radical (unpaired) electrons. The first kappa shape index (κ1) is 14.6. The molecule has 0 atom stereocenters. The predicted molar refractivity (Wildman–Crippen MR) is 89.5 cm³/mol. The van der Waals surface area contributed by atoms with Crippen LogP contribution in [-0.2, 0) is 6.54 Å². The Morgan fingerprint density at radius 1 is 1.19 bits per heavy atom. The second-order valence-electron chi connectivity index (χ2n) is 7.21. The average molecular weight is 285 g/mol. The fourth-order valence-corrected chi connectivity index (χ4v) is 3.23. The van der Waals surface area contributed by atoms with Crippen LogP contribution in [0.5, 0.6) is 0 Å². The van der Waals surface area contributed by atoms with Gasteiger partial charge in [-0.1, -0.05) is 6.07 Å². The summed E-state index contributed by atoms with van der Waals surface area (Å²) >= 11 is 0. The maximum Gasteiger partial charge on any atom is 0.0454 e. The first-order valence-electron chi connectivity index (χ1n) is 8.07. The van der Waals surface area contributed by atoms with Gasteiger partial charge in [-0.05, 0) is 62.8 Å². The van der Waals surface area contributed by atoms with Crippen LogP contribution in [0.15, 0.2) is 30.5 Å². The number of likely N-dealkylation sites (tertiary alicyclic amines) is 1. The summed E-state index contributed by atoms with van der Waals surface area (Å²) in [5, 5.41) is 5.03. The Hall–Kier alpha value is -1.32. The van der Waals surface area contributed by atoms with Crippen LogP contribution in [0.25, 0.3) is 10.9 Å². The van der Waals surface area contributed by atoms with E-state index in [1.165, 1.54) is 42.4 Å². The molecule has 0 unspecified atom stereocenters. The fourth-order valence-electron chi connectivity index (χ4n) is 3.23. The smallest absolute Gasteiger partial charge is 0.0454 e. The third-order valence-corrected chi connectivity index (χ3v) is 4.66. The molecule has 0 amide bonds. The van der Waals surface area contributed by atoms with Crippen LogP contribution in [-0.4, -0.2) is 34.6 Å². The van der Waals surface area contributed by atoms with E-state index in [4.69, 9.17) is 0 Å². The lowest BCUT2D eigenvalue weighted by atomic mass is 9.98. The quantitative estimate of drug-likeness (QED) is 0.904. The molecule has 2 aromatic rings. The second kappa shape index (κ2) is 5.82. The van der Waals surface area contributed by atoms with E-state index < -0.39 is 0 Å². The van der Waals surface area contributed by atoms with Crippen molar-refractivity contribution in [2.75, 3.05) is 13.1 Å². The van der Waals surface area contributed by atoms with Crippen molar-refractivity contribution in [3.05, 3.63) is 36.0 Å². The number of aromatic amines is 1. The number of nitrogens with one attached hydrogen (secondary N) is 2. The van der Waals surface area contributed by atoms with Crippen LogP contribution in [0.2, 0.25) is 0 Å². The number of benzene rings is 1. The van der Waals surface area contributed by atoms with Gasteiger partial charge in [-0.25, -0.2) is 0 Å². The Morgan fingerprint density at radius 3 is 2.67 bits per heavy atom. The molecule has 0 spiro atoms. The number of hydrogen-bond acceptors (Lipinski definition) is 2. The molecule has 114 valence electrons. The molecule has 2 N–H and O–H groups in total. The van der Waals surface area contributed by atoms with Crippen LogP contribution < -0.4 is 5.32 Å². The molecule has 1 aliphatic heterocycles. The Balaban J connectivity index is 1.52. The van der Waals surface area contributed by atoms with Crippen molar-refractivity contribution in [2.24, 2.45) is 0 Å². The lowest BCUT2D eigenvalue weighted by molar-refractivity contribution is 0.0960. The minimum Gasteiger partial charge on any atom is -0.361 e. The van der Waals surface area contributed by atoms with Gasteiger partial charge in [0.05, 0.1) is 0 Å². The standard InChI is InChI=1S/C18H27N3/c1-18(2,3)21-10-7-16(8-11-21)20-13-14-4-5-17-15(12-14)6-9-19-17/h4-6,9,12,16,19-20H,7-8,10-11,13H2,1-3H3. The van der Waals surface area contributed by atoms with Gasteiger partial charge in [-0.2, -0.15) is 0 Å². The molecule has 1 saturated heterocycles. The first-order valence-corrected chi connectivity index (χ1v) is 8.07. The molecule has 1 fully saturated rings. The SMILES string of the molecule is CC(C)(C)N1CCC(NCc2ccc3[nH]ccc3c2)CC1. The largest absolute Gasteiger partial charge is 0.361 e. The lowest BCUT2D eigenvalue weighted by Gasteiger charge is -2.41. The molecule has 1 aromatic carbocycles. The van der Waals surface area contributed by atoms with E-state index in [1.807, 2.05) is 6.20 Å². The fraction of sp³-hybridized carbons (Fsp3) is 0.556. The van der Waals surface area contributed by atoms with Crippen molar-refractivity contribution in [3.8, 4) is 0 Å². The van der Waals surface area contributed by atoms with Gasteiger partial charge >= 0.3 is 0 Å². The molecular formula is C18H27N3. The third-order valence-electron chi connectivity index (χ3n) is 4.66. The summed E-state index contributed by atoms with van der Waals surface area (Å²) in [5.74, 6) is 0. The van der Waals surface area contributed by atoms with Gasteiger partial charge in [0, 0.05) is 42.9 Å². The minimum absolute atomic E-state index is 0.310. The third kappa shape index (κ3) is 3.47. The summed E-state index contributed by atoms with van der Waals surface area (Å²) in [6, 6.07) is 9.47. The topological polar surface area (TPSA) is 31.1 Å². The lowest BCUT2D eigenvalue weighted by Crippen LogP contribution is -2.49. The summed E-state index contributed by atoms with van der Waals surface area (Å²) in [6.45, 7) is 10.3. The summed E-state index contributed by atoms with van der Waals surface area (Å²) in [5.41, 5.74) is 2.90. The number of piperidine rings is 1. The Labute approximate surface area is 127 Å². The number of nitrogens with zero attached hydrogens (tertiary/aromatic N) is 1. The molecule has 3 nitrogen and oxygen atoms in total.